The van der Waals surface area contributed by atoms with Crippen molar-refractivity contribution in [2.75, 3.05) is 157 Å². The molecule has 46 heteroatoms. The van der Waals surface area contributed by atoms with E-state index in [2.05, 4.69) is 59.1 Å². The highest BCUT2D eigenvalue weighted by molar-refractivity contribution is 6.04. The summed E-state index contributed by atoms with van der Waals surface area (Å²) in [7, 11) is 1.87. The van der Waals surface area contributed by atoms with Gasteiger partial charge in [0.05, 0.1) is 166 Å². The van der Waals surface area contributed by atoms with E-state index in [1.54, 1.807) is 25.7 Å². The second-order valence-corrected chi connectivity index (χ2v) is 39.5. The number of ether oxygens (including phenoxy) is 13. The molecule has 4 unspecified atom stereocenters. The first kappa shape index (κ1) is 114. The van der Waals surface area contributed by atoms with Crippen LogP contribution in [-0.4, -0.2) is 377 Å². The van der Waals surface area contributed by atoms with Crippen molar-refractivity contribution in [1.82, 2.24) is 69.2 Å². The molecule has 0 aromatic heterocycles. The number of rotatable bonds is 55. The summed E-state index contributed by atoms with van der Waals surface area (Å²) in [5.41, 5.74) is 11.4. The van der Waals surface area contributed by atoms with E-state index < -0.39 is 218 Å². The van der Waals surface area contributed by atoms with Crippen molar-refractivity contribution < 1.29 is 154 Å². The number of para-hydroxylation sites is 1. The maximum absolute atomic E-state index is 18.2. The van der Waals surface area contributed by atoms with Gasteiger partial charge in [0.15, 0.2) is 41.6 Å². The van der Waals surface area contributed by atoms with Crippen molar-refractivity contribution >= 4 is 70.0 Å². The predicted molar refractivity (Wildman–Crippen MR) is 517 cm³/mol. The van der Waals surface area contributed by atoms with Gasteiger partial charge in [0.25, 0.3) is 0 Å². The molecule has 3 saturated carbocycles. The number of amides is 7. The number of benzene rings is 2. The number of nitrogens with zero attached hydrogens (tertiary/aromatic N) is 3. The van der Waals surface area contributed by atoms with Crippen LogP contribution in [0.2, 0.25) is 0 Å². The first-order chi connectivity index (χ1) is 70.3. The Balaban J connectivity index is 0.551. The maximum atomic E-state index is 18.2. The van der Waals surface area contributed by atoms with E-state index in [9.17, 15) is 79.2 Å². The van der Waals surface area contributed by atoms with Crippen LogP contribution >= 0.6 is 0 Å². The minimum Gasteiger partial charge on any atom is -0.394 e. The molecule has 6 fully saturated rings. The van der Waals surface area contributed by atoms with Gasteiger partial charge in [-0.2, -0.15) is 0 Å². The molecule has 0 spiro atoms. The lowest BCUT2D eigenvalue weighted by Gasteiger charge is -2.63. The summed E-state index contributed by atoms with van der Waals surface area (Å²) >= 11 is 0. The molecule has 2 aromatic carbocycles. The zero-order valence-corrected chi connectivity index (χ0v) is 84.2. The Labute approximate surface area is 848 Å². The first-order valence-corrected chi connectivity index (χ1v) is 51.3. The van der Waals surface area contributed by atoms with Crippen LogP contribution in [0.15, 0.2) is 83.7 Å². The van der Waals surface area contributed by atoms with Crippen LogP contribution in [0.3, 0.4) is 0 Å². The zero-order chi connectivity index (χ0) is 105. The van der Waals surface area contributed by atoms with Crippen molar-refractivity contribution in [1.29, 1.82) is 0 Å². The highest BCUT2D eigenvalue weighted by atomic mass is 19.1. The van der Waals surface area contributed by atoms with Gasteiger partial charge < -0.3 is 155 Å². The zero-order valence-electron chi connectivity index (χ0n) is 84.2. The molecule has 6 aliphatic heterocycles. The number of hydrogen-bond acceptors (Lipinski definition) is 37. The number of carbonyl (C=O) groups is 9. The number of aliphatic hydroxyl groups excluding tert-OH is 8. The number of unbranched alkanes of at least 4 members (excludes halogenated alkanes) is 1. The first-order valence-electron chi connectivity index (χ1n) is 51.3. The monoisotopic (exact) mass is 2070 g/mol. The average Bonchev–Trinajstić information content (AvgIpc) is 1.48. The smallest absolute Gasteiger partial charge is 0.246 e. The number of hydrogen-bond donors (Lipinski definition) is 19. The molecule has 11 aliphatic rings. The third-order valence-corrected chi connectivity index (χ3v) is 29.6. The Morgan fingerprint density at radius 2 is 1.32 bits per heavy atom. The van der Waals surface area contributed by atoms with Crippen molar-refractivity contribution in [3.63, 3.8) is 0 Å². The molecular formula is C100H150F2N14O30. The number of hydrazine groups is 4. The predicted octanol–water partition coefficient (Wildman–Crippen LogP) is -0.873. The SMILES string of the molecule is CCCC1O[C@@H]2C[C@H]3[C@@H]4C[C@H](F)C5=CC(=O)C=C[C@]5(C)[C@@]4(F)[C@@H](O)C[C@]3(C)[C@]2(C(=O)CNC(=O)[C@H](C)NC(=O)[C@@H](NC(=O)[C@@H](CCCCNC(=O)COC2CCCCCC3=C2NNN3[C@H]2O[C@H](CO)[C@@H](O[C@H]3O[C@H](CO)[C@@H](O)[C@H](O)C3O)[C@H](O)C2O)NC(=O)CCOCCOCCOCCOCCNC(=O)CCC(=O)N2Cc3ccccc3C3=C(NNN3CCOCCOCCOCCNC)c3ccccc32)C(C)C)O1. The molecule has 44 nitrogen and oxygen atoms in total. The molecule has 7 amide bonds. The third kappa shape index (κ3) is 26.6. The van der Waals surface area contributed by atoms with Gasteiger partial charge in [0.1, 0.15) is 85.8 Å². The number of ketones is 2. The lowest BCUT2D eigenvalue weighted by atomic mass is 9.44. The maximum Gasteiger partial charge on any atom is 0.246 e. The third-order valence-electron chi connectivity index (χ3n) is 29.6. The number of fused-ring (bicyclic) bond motifs is 11. The normalized spacial score (nSPS) is 30.4. The second kappa shape index (κ2) is 53.7. The van der Waals surface area contributed by atoms with Crippen molar-refractivity contribution in [3.8, 4) is 0 Å². The standard InChI is InChI=1S/C100H150F2N14O30/c1-8-18-81-144-76-51-64-65-50-67(101)66-49-61(119)28-30-97(66,5)99(65,102)74(120)52-98(64,6)100(76,146-81)75(121)53-106-92(131)59(4)107-94(133)82(58(2)3)109-93(132)68(22-16-17-31-104-79(124)57-141-71-25-11-9-10-24-70-84(71)111-113-116(70)95-89(129)88(128)91(73(56-118)142-95)145-96-90(130)87(127)86(126)72(55-117)143-96)108-78(123)29-35-134-39-43-138-47-48-140-45-41-136-37-33-105-77(122)26-27-80(125)114-54-60-19-12-13-20-62(60)85-83(63-21-14-15-23-69(63)114)110-112-115(85)34-38-137-42-46-139-44-40-135-36-32-103-7/h12-15,19-21,23,28,30,49,58-59,64-65,67-68,71-74,76,81-82,86-91,95-96,103,110-113,117-118,120,126-130H,8-11,16-18,22,24-27,29,31-48,50-57H2,1-7H3,(H,104,124)(H,105,122)(H,106,131)(H,107,133)(H,108,123)(H,109,132)/t59-,64-,65-,67-,68+,71?,72+,73+,74-,76+,81?,82-,86+,87-,88+,89?,90?,91+,95-,96+,97-,98-,99-,100+/m0/s1. The molecule has 13 rings (SSSR count). The van der Waals surface area contributed by atoms with Gasteiger partial charge in [-0.1, -0.05) is 95.5 Å². The Morgan fingerprint density at radius 1 is 0.644 bits per heavy atom. The van der Waals surface area contributed by atoms with E-state index in [0.29, 0.717) is 102 Å². The summed E-state index contributed by atoms with van der Waals surface area (Å²) in [5.74, 6) is -7.67. The number of alkyl halides is 2. The number of Topliss-reactive ketones (excluding diaryl/α,β-unsaturated/α-hetero) is 1. The number of nitrogens with one attached hydrogen (secondary N) is 11. The van der Waals surface area contributed by atoms with Crippen LogP contribution in [-0.2, 0) is 111 Å². The van der Waals surface area contributed by atoms with Crippen molar-refractivity contribution in [2.45, 2.75) is 272 Å². The summed E-state index contributed by atoms with van der Waals surface area (Å²) in [6.45, 7) is 13.1. The summed E-state index contributed by atoms with van der Waals surface area (Å²) in [5, 5.41) is 110. The lowest BCUT2D eigenvalue weighted by molar-refractivity contribution is -0.349. The van der Waals surface area contributed by atoms with Crippen LogP contribution in [0.25, 0.3) is 11.4 Å². The number of carbonyl (C=O) groups excluding carboxylic acids is 9. The van der Waals surface area contributed by atoms with E-state index in [1.165, 1.54) is 31.0 Å². The fourth-order valence-electron chi connectivity index (χ4n) is 21.8. The Morgan fingerprint density at radius 3 is 2.01 bits per heavy atom. The minimum absolute atomic E-state index is 0.000777. The number of halogens is 2. The van der Waals surface area contributed by atoms with E-state index in [4.69, 9.17) is 61.6 Å². The van der Waals surface area contributed by atoms with Gasteiger partial charge in [-0.15, -0.1) is 11.1 Å². The fraction of sp³-hybridized carbons (Fsp3) is 0.710. The Hall–Kier alpha value is -8.87. The molecule has 5 aliphatic carbocycles. The number of anilines is 1. The van der Waals surface area contributed by atoms with Gasteiger partial charge in [-0.3, -0.25) is 53.2 Å². The van der Waals surface area contributed by atoms with E-state index in [0.717, 1.165) is 47.1 Å². The number of allylic oxidation sites excluding steroid dienone is 5. The largest absolute Gasteiger partial charge is 0.394 e. The van der Waals surface area contributed by atoms with E-state index in [-0.39, 0.29) is 148 Å². The molecular weight excluding hydrogens is 1920 g/mol. The highest BCUT2D eigenvalue weighted by Gasteiger charge is 2.80. The highest BCUT2D eigenvalue weighted by Crippen LogP contribution is 2.72. The molecule has 19 N–H and O–H groups in total. The molecule has 24 atom stereocenters. The number of likely N-dealkylation sites (N-methyl/N-ethyl adjacent to an activating group) is 1. The van der Waals surface area contributed by atoms with Gasteiger partial charge in [-0.05, 0) is 126 Å². The van der Waals surface area contributed by atoms with Crippen LogP contribution < -0.4 is 64.0 Å². The summed E-state index contributed by atoms with van der Waals surface area (Å²) in [6.07, 6.45) is -15.2. The summed E-state index contributed by atoms with van der Waals surface area (Å²) in [6, 6.07) is 11.7. The van der Waals surface area contributed by atoms with Gasteiger partial charge in [-0.25, -0.2) is 8.78 Å². The summed E-state index contributed by atoms with van der Waals surface area (Å²) < 4.78 is 111. The van der Waals surface area contributed by atoms with Crippen molar-refractivity contribution in [2.24, 2.45) is 28.6 Å². The molecule has 146 heavy (non-hydrogen) atoms. The minimum atomic E-state index is -2.46. The summed E-state index contributed by atoms with van der Waals surface area (Å²) in [4.78, 5) is 127. The molecule has 3 saturated heterocycles. The second-order valence-electron chi connectivity index (χ2n) is 39.5. The van der Waals surface area contributed by atoms with E-state index in [1.807, 2.05) is 67.5 Å². The fourth-order valence-corrected chi connectivity index (χ4v) is 21.8. The molecule has 6 heterocycles. The Bertz CT molecular complexity index is 4860. The topological polar surface area (TPSA) is 578 Å². The van der Waals surface area contributed by atoms with Crippen LogP contribution in [0.1, 0.15) is 161 Å². The van der Waals surface area contributed by atoms with Crippen molar-refractivity contribution in [3.05, 3.63) is 100 Å². The van der Waals surface area contributed by atoms with Crippen LogP contribution in [0, 0.1) is 28.6 Å². The van der Waals surface area contributed by atoms with Gasteiger partial charge in [0.2, 0.25) is 41.4 Å². The average molecular weight is 2070 g/mol. The quantitative estimate of drug-likeness (QED) is 0.0358. The molecule has 0 bridgehead atoms. The molecule has 814 valence electrons. The van der Waals surface area contributed by atoms with Crippen LogP contribution in [0.5, 0.6) is 0 Å². The molecule has 0 radical (unpaired) electrons. The van der Waals surface area contributed by atoms with E-state index >= 15 is 13.6 Å². The Kier molecular flexibility index (Phi) is 42.0. The number of aliphatic hydroxyl groups is 8. The molecule has 2 aromatic rings. The van der Waals surface area contributed by atoms with Crippen LogP contribution in [0.4, 0.5) is 14.5 Å². The lowest BCUT2D eigenvalue weighted by Crippen LogP contribution is -2.71. The van der Waals surface area contributed by atoms with Gasteiger partial charge in [0, 0.05) is 66.8 Å². The van der Waals surface area contributed by atoms with Gasteiger partial charge >= 0.3 is 0 Å².